The molecule has 0 aromatic heterocycles. The van der Waals surface area contributed by atoms with Gasteiger partial charge in [-0.1, -0.05) is 18.2 Å². The summed E-state index contributed by atoms with van der Waals surface area (Å²) < 4.78 is 45.6. The van der Waals surface area contributed by atoms with Crippen LogP contribution in [0.25, 0.3) is 0 Å². The molecule has 0 spiro atoms. The maximum absolute atomic E-state index is 13.4. The third-order valence-electron chi connectivity index (χ3n) is 5.45. The Balaban J connectivity index is 1.85. The highest BCUT2D eigenvalue weighted by atomic mass is 32.2. The van der Waals surface area contributed by atoms with Crippen LogP contribution in [0.5, 0.6) is 0 Å². The smallest absolute Gasteiger partial charge is 0.459 e. The van der Waals surface area contributed by atoms with Gasteiger partial charge in [-0.2, -0.15) is 0 Å². The molecule has 1 aromatic carbocycles. The van der Waals surface area contributed by atoms with Gasteiger partial charge in [-0.15, -0.1) is 0 Å². The Morgan fingerprint density at radius 1 is 1.11 bits per heavy atom. The van der Waals surface area contributed by atoms with Crippen LogP contribution >= 0.6 is 0 Å². The van der Waals surface area contributed by atoms with Crippen LogP contribution < -0.4 is 0 Å². The number of rotatable bonds is 7. The number of nitrogens with zero attached hydrogens (tertiary/aromatic N) is 2. The van der Waals surface area contributed by atoms with Gasteiger partial charge in [0.25, 0.3) is 11.8 Å². The lowest BCUT2D eigenvalue weighted by molar-refractivity contribution is -0.162. The number of ether oxygens (including phenoxy) is 4. The van der Waals surface area contributed by atoms with Crippen LogP contribution in [0.15, 0.2) is 41.6 Å². The highest BCUT2D eigenvalue weighted by Crippen LogP contribution is 2.38. The number of methoxy groups -OCH3 is 1. The number of likely N-dealkylation sites (N-methyl/N-ethyl adjacent to an activating group) is 1. The molecule has 0 aliphatic carbocycles. The van der Waals surface area contributed by atoms with Crippen molar-refractivity contribution in [2.45, 2.75) is 37.9 Å². The SMILES string of the molecule is CO[C@H]1C(=O)N2C(C(=O)N(C)CC(=O)OC(C)(C)C)=C(COC(=O)OC(=O)c3ccccc3)CS(=O)(=O)[C@H]12. The van der Waals surface area contributed by atoms with E-state index in [1.54, 1.807) is 39.0 Å². The summed E-state index contributed by atoms with van der Waals surface area (Å²) in [5.41, 5.74) is -1.37. The van der Waals surface area contributed by atoms with E-state index in [4.69, 9.17) is 14.2 Å². The number of sulfone groups is 1. The van der Waals surface area contributed by atoms with E-state index in [0.717, 1.165) is 16.9 Å². The number of benzene rings is 1. The minimum absolute atomic E-state index is 0.0724. The van der Waals surface area contributed by atoms with Crippen molar-refractivity contribution in [3.05, 3.63) is 47.2 Å². The average Bonchev–Trinajstić information content (AvgIpc) is 2.81. The molecule has 0 N–H and O–H groups in total. The number of β-lactam (4-membered cyclic amide) rings is 1. The molecule has 2 amide bonds. The van der Waals surface area contributed by atoms with Crippen LogP contribution in [0, 0.1) is 0 Å². The molecule has 2 aliphatic heterocycles. The lowest BCUT2D eigenvalue weighted by Gasteiger charge is -2.49. The van der Waals surface area contributed by atoms with E-state index in [9.17, 15) is 32.4 Å². The van der Waals surface area contributed by atoms with Gasteiger partial charge in [0, 0.05) is 19.7 Å². The maximum atomic E-state index is 13.4. The number of fused-ring (bicyclic) bond motifs is 1. The quantitative estimate of drug-likeness (QED) is 0.265. The molecule has 1 saturated heterocycles. The molecule has 0 saturated carbocycles. The van der Waals surface area contributed by atoms with E-state index in [-0.39, 0.29) is 16.8 Å². The van der Waals surface area contributed by atoms with Crippen molar-refractivity contribution in [2.75, 3.05) is 33.1 Å². The van der Waals surface area contributed by atoms with E-state index < -0.39 is 75.7 Å². The molecule has 206 valence electrons. The first kappa shape index (κ1) is 28.8. The molecule has 2 heterocycles. The van der Waals surface area contributed by atoms with Gasteiger partial charge >= 0.3 is 18.1 Å². The maximum Gasteiger partial charge on any atom is 0.516 e. The van der Waals surface area contributed by atoms with Gasteiger partial charge in [0.1, 0.15) is 24.4 Å². The Morgan fingerprint density at radius 2 is 1.74 bits per heavy atom. The summed E-state index contributed by atoms with van der Waals surface area (Å²) in [5, 5.41) is -1.47. The van der Waals surface area contributed by atoms with Crippen LogP contribution in [0.3, 0.4) is 0 Å². The van der Waals surface area contributed by atoms with Crippen molar-refractivity contribution in [3.63, 3.8) is 0 Å². The number of hydrogen-bond donors (Lipinski definition) is 0. The van der Waals surface area contributed by atoms with Gasteiger partial charge in [0.15, 0.2) is 21.3 Å². The second kappa shape index (κ2) is 10.9. The van der Waals surface area contributed by atoms with Crippen LogP contribution in [0.2, 0.25) is 0 Å². The van der Waals surface area contributed by atoms with E-state index in [1.165, 1.54) is 19.2 Å². The Kier molecular flexibility index (Phi) is 8.27. The number of carbonyl (C=O) groups excluding carboxylic acids is 5. The molecule has 0 bridgehead atoms. The number of carbonyl (C=O) groups is 5. The van der Waals surface area contributed by atoms with E-state index in [2.05, 4.69) is 4.74 Å². The van der Waals surface area contributed by atoms with Crippen molar-refractivity contribution in [3.8, 4) is 0 Å². The second-order valence-corrected chi connectivity index (χ2v) is 11.7. The molecule has 38 heavy (non-hydrogen) atoms. The predicted octanol–water partition coefficient (Wildman–Crippen LogP) is 0.646. The zero-order valence-corrected chi connectivity index (χ0v) is 22.3. The van der Waals surface area contributed by atoms with Gasteiger partial charge < -0.3 is 23.8 Å². The van der Waals surface area contributed by atoms with Crippen LogP contribution in [0.1, 0.15) is 31.1 Å². The molecule has 1 aromatic rings. The second-order valence-electron chi connectivity index (χ2n) is 9.56. The fourth-order valence-corrected chi connectivity index (χ4v) is 5.89. The zero-order chi connectivity index (χ0) is 28.4. The van der Waals surface area contributed by atoms with Crippen molar-refractivity contribution in [2.24, 2.45) is 0 Å². The van der Waals surface area contributed by atoms with Crippen LogP contribution in [-0.4, -0.2) is 98.3 Å². The Labute approximate surface area is 219 Å². The highest BCUT2D eigenvalue weighted by Gasteiger charge is 2.60. The van der Waals surface area contributed by atoms with Gasteiger partial charge in [0.2, 0.25) is 0 Å². The summed E-state index contributed by atoms with van der Waals surface area (Å²) in [7, 11) is -1.63. The van der Waals surface area contributed by atoms with Crippen molar-refractivity contribution in [1.82, 2.24) is 9.80 Å². The van der Waals surface area contributed by atoms with E-state index in [1.807, 2.05) is 0 Å². The summed E-state index contributed by atoms with van der Waals surface area (Å²) in [6.45, 7) is 3.65. The fraction of sp³-hybridized carbons (Fsp3) is 0.458. The van der Waals surface area contributed by atoms with Crippen molar-refractivity contribution >= 4 is 39.7 Å². The molecule has 13 nitrogen and oxygen atoms in total. The zero-order valence-electron chi connectivity index (χ0n) is 21.5. The molecular weight excluding hydrogens is 524 g/mol. The number of esters is 2. The summed E-state index contributed by atoms with van der Waals surface area (Å²) in [4.78, 5) is 64.3. The fourth-order valence-electron chi connectivity index (χ4n) is 3.88. The lowest BCUT2D eigenvalue weighted by Crippen LogP contribution is -2.71. The van der Waals surface area contributed by atoms with Crippen LogP contribution in [0.4, 0.5) is 4.79 Å². The summed E-state index contributed by atoms with van der Waals surface area (Å²) in [6, 6.07) is 7.58. The lowest BCUT2D eigenvalue weighted by atomic mass is 10.0. The Bertz CT molecular complexity index is 1280. The first-order valence-electron chi connectivity index (χ1n) is 11.4. The first-order valence-corrected chi connectivity index (χ1v) is 13.1. The normalized spacial score (nSPS) is 20.1. The van der Waals surface area contributed by atoms with Crippen molar-refractivity contribution in [1.29, 1.82) is 0 Å². The molecule has 0 radical (unpaired) electrons. The summed E-state index contributed by atoms with van der Waals surface area (Å²) in [5.74, 6) is -4.17. The van der Waals surface area contributed by atoms with Crippen LogP contribution in [-0.2, 0) is 43.2 Å². The molecule has 0 unspecified atom stereocenters. The van der Waals surface area contributed by atoms with E-state index >= 15 is 0 Å². The highest BCUT2D eigenvalue weighted by molar-refractivity contribution is 7.92. The van der Waals surface area contributed by atoms with Gasteiger partial charge in [-0.25, -0.2) is 18.0 Å². The number of hydrogen-bond acceptors (Lipinski definition) is 11. The molecule has 14 heteroatoms. The standard InChI is InChI=1S/C24H28N2O11S/c1-24(2,3)37-16(27)11-25(4)19(28)17-15(13-38(32,33)21-18(34-5)20(29)26(17)21)12-35-23(31)36-22(30)14-9-7-6-8-10-14/h6-10,18,21H,11-13H2,1-5H3/t18-,21+/m0/s1. The molecule has 1 fully saturated rings. The molecular formula is C24H28N2O11S. The predicted molar refractivity (Wildman–Crippen MR) is 129 cm³/mol. The third-order valence-corrected chi connectivity index (χ3v) is 7.40. The van der Waals surface area contributed by atoms with Gasteiger partial charge in [-0.05, 0) is 32.9 Å². The van der Waals surface area contributed by atoms with Gasteiger partial charge in [-0.3, -0.25) is 19.3 Å². The largest absolute Gasteiger partial charge is 0.516 e. The third kappa shape index (κ3) is 6.19. The number of amides is 2. The average molecular weight is 553 g/mol. The van der Waals surface area contributed by atoms with Gasteiger partial charge in [0.05, 0.1) is 11.3 Å². The Morgan fingerprint density at radius 3 is 2.32 bits per heavy atom. The first-order chi connectivity index (χ1) is 17.7. The van der Waals surface area contributed by atoms with Crippen molar-refractivity contribution < 1.29 is 51.3 Å². The Hall–Kier alpha value is -3.78. The summed E-state index contributed by atoms with van der Waals surface area (Å²) >= 11 is 0. The molecule has 3 rings (SSSR count). The minimum Gasteiger partial charge on any atom is -0.459 e. The summed E-state index contributed by atoms with van der Waals surface area (Å²) in [6.07, 6.45) is -2.76. The minimum atomic E-state index is -4.06. The molecule has 2 atom stereocenters. The molecule has 2 aliphatic rings. The van der Waals surface area contributed by atoms with E-state index in [0.29, 0.717) is 0 Å². The topological polar surface area (TPSA) is 163 Å². The monoisotopic (exact) mass is 552 g/mol.